The van der Waals surface area contributed by atoms with Crippen molar-refractivity contribution >= 4 is 21.8 Å². The minimum absolute atomic E-state index is 0.194. The van der Waals surface area contributed by atoms with Crippen LogP contribution in [0, 0.1) is 5.92 Å². The van der Waals surface area contributed by atoms with Crippen molar-refractivity contribution in [3.05, 3.63) is 30.3 Å². The van der Waals surface area contributed by atoms with E-state index in [-0.39, 0.29) is 24.3 Å². The van der Waals surface area contributed by atoms with Crippen LogP contribution in [0.3, 0.4) is 0 Å². The van der Waals surface area contributed by atoms with Crippen molar-refractivity contribution in [1.82, 2.24) is 9.62 Å². The highest BCUT2D eigenvalue weighted by Crippen LogP contribution is 2.31. The van der Waals surface area contributed by atoms with Crippen molar-refractivity contribution < 1.29 is 17.9 Å². The first kappa shape index (κ1) is 22.9. The lowest BCUT2D eigenvalue weighted by Crippen LogP contribution is -2.58. The summed E-state index contributed by atoms with van der Waals surface area (Å²) in [4.78, 5) is 16.9. The average Bonchev–Trinajstić information content (AvgIpc) is 2.68. The highest BCUT2D eigenvalue weighted by atomic mass is 32.2. The number of benzene rings is 1. The molecule has 0 aliphatic carbocycles. The Kier molecular flexibility index (Phi) is 7.63. The third kappa shape index (κ3) is 6.35. The highest BCUT2D eigenvalue weighted by molar-refractivity contribution is 7.88. The van der Waals surface area contributed by atoms with Gasteiger partial charge in [0, 0.05) is 31.4 Å². The van der Waals surface area contributed by atoms with E-state index < -0.39 is 10.0 Å². The SMILES string of the molecule is CC(C)OC(=O)N1CCC[C@H](NS(C)(=O)=O)[C@@H]1CC1CCCN(c2ccccc2)C1. The molecule has 2 saturated heterocycles. The third-order valence-corrected chi connectivity index (χ3v) is 6.66. The van der Waals surface area contributed by atoms with Gasteiger partial charge in [-0.3, -0.25) is 0 Å². The van der Waals surface area contributed by atoms with E-state index in [1.807, 2.05) is 19.9 Å². The van der Waals surface area contributed by atoms with Crippen molar-refractivity contribution in [2.75, 3.05) is 30.8 Å². The number of rotatable bonds is 6. The molecule has 30 heavy (non-hydrogen) atoms. The fourth-order valence-electron chi connectivity index (χ4n) is 4.73. The second kappa shape index (κ2) is 10.0. The van der Waals surface area contributed by atoms with Crippen LogP contribution >= 0.6 is 0 Å². The molecule has 0 radical (unpaired) electrons. The van der Waals surface area contributed by atoms with Gasteiger partial charge in [0.25, 0.3) is 0 Å². The molecule has 168 valence electrons. The fraction of sp³-hybridized carbons (Fsp3) is 0.682. The van der Waals surface area contributed by atoms with E-state index >= 15 is 0 Å². The molecule has 2 aliphatic heterocycles. The normalized spacial score (nSPS) is 25.4. The first-order valence-electron chi connectivity index (χ1n) is 11.0. The number of hydrogen-bond acceptors (Lipinski definition) is 5. The van der Waals surface area contributed by atoms with Crippen LogP contribution in [0.1, 0.15) is 46.0 Å². The second-order valence-electron chi connectivity index (χ2n) is 8.86. The number of hydrogen-bond donors (Lipinski definition) is 1. The molecule has 1 unspecified atom stereocenters. The van der Waals surface area contributed by atoms with Crippen molar-refractivity contribution in [2.24, 2.45) is 5.92 Å². The van der Waals surface area contributed by atoms with Gasteiger partial charge in [0.1, 0.15) is 0 Å². The van der Waals surface area contributed by atoms with E-state index in [2.05, 4.69) is 33.9 Å². The monoisotopic (exact) mass is 437 g/mol. The smallest absolute Gasteiger partial charge is 0.410 e. The van der Waals surface area contributed by atoms with Gasteiger partial charge in [-0.15, -0.1) is 0 Å². The van der Waals surface area contributed by atoms with Crippen LogP contribution in [0.4, 0.5) is 10.5 Å². The van der Waals surface area contributed by atoms with Gasteiger partial charge in [-0.05, 0) is 64.0 Å². The standard InChI is InChI=1S/C22H35N3O4S/c1-17(2)29-22(26)25-14-8-12-20(23-30(3,27)28)21(25)15-18-9-7-13-24(16-18)19-10-5-4-6-11-19/h4-6,10-11,17-18,20-21,23H,7-9,12-16H2,1-3H3/t18?,20-,21-/m0/s1. The van der Waals surface area contributed by atoms with Crippen LogP contribution in [-0.2, 0) is 14.8 Å². The van der Waals surface area contributed by atoms with E-state index in [1.165, 1.54) is 11.9 Å². The Morgan fingerprint density at radius 1 is 1.17 bits per heavy atom. The summed E-state index contributed by atoms with van der Waals surface area (Å²) in [7, 11) is -3.36. The molecule has 3 rings (SSSR count). The molecule has 2 heterocycles. The molecule has 0 saturated carbocycles. The van der Waals surface area contributed by atoms with Crippen LogP contribution in [0.5, 0.6) is 0 Å². The van der Waals surface area contributed by atoms with Gasteiger partial charge < -0.3 is 14.5 Å². The topological polar surface area (TPSA) is 79.0 Å². The summed E-state index contributed by atoms with van der Waals surface area (Å²) in [5.74, 6) is 0.389. The maximum absolute atomic E-state index is 12.8. The number of piperidine rings is 2. The second-order valence-corrected chi connectivity index (χ2v) is 10.6. The van der Waals surface area contributed by atoms with Gasteiger partial charge in [-0.25, -0.2) is 17.9 Å². The fourth-order valence-corrected chi connectivity index (χ4v) is 5.55. The molecule has 2 aliphatic rings. The number of ether oxygens (including phenoxy) is 1. The van der Waals surface area contributed by atoms with Gasteiger partial charge in [0.05, 0.1) is 18.4 Å². The minimum atomic E-state index is -3.36. The summed E-state index contributed by atoms with van der Waals surface area (Å²) in [5.41, 5.74) is 1.22. The lowest BCUT2D eigenvalue weighted by atomic mass is 9.85. The van der Waals surface area contributed by atoms with Gasteiger partial charge in [0.2, 0.25) is 10.0 Å². The summed E-state index contributed by atoms with van der Waals surface area (Å²) in [5, 5.41) is 0. The first-order chi connectivity index (χ1) is 14.2. The van der Waals surface area contributed by atoms with E-state index in [0.29, 0.717) is 12.5 Å². The molecule has 1 aromatic rings. The van der Waals surface area contributed by atoms with Gasteiger partial charge >= 0.3 is 6.09 Å². The first-order valence-corrected chi connectivity index (χ1v) is 12.9. The van der Waals surface area contributed by atoms with Crippen molar-refractivity contribution in [1.29, 1.82) is 0 Å². The minimum Gasteiger partial charge on any atom is -0.447 e. The summed E-state index contributed by atoms with van der Waals surface area (Å²) >= 11 is 0. The average molecular weight is 438 g/mol. The van der Waals surface area contributed by atoms with Crippen LogP contribution in [0.2, 0.25) is 0 Å². The van der Waals surface area contributed by atoms with Crippen molar-refractivity contribution in [2.45, 2.75) is 64.1 Å². The molecule has 7 nitrogen and oxygen atoms in total. The number of nitrogens with zero attached hydrogens (tertiary/aromatic N) is 2. The Labute approximate surface area is 180 Å². The lowest BCUT2D eigenvalue weighted by Gasteiger charge is -2.44. The van der Waals surface area contributed by atoms with Crippen LogP contribution in [0.15, 0.2) is 30.3 Å². The Bertz CT molecular complexity index is 800. The number of nitrogens with one attached hydrogen (secondary N) is 1. The number of para-hydroxylation sites is 1. The number of anilines is 1. The third-order valence-electron chi connectivity index (χ3n) is 5.93. The molecule has 0 aromatic heterocycles. The van der Waals surface area contributed by atoms with Gasteiger partial charge in [-0.2, -0.15) is 0 Å². The zero-order valence-electron chi connectivity index (χ0n) is 18.3. The van der Waals surface area contributed by atoms with E-state index in [9.17, 15) is 13.2 Å². The molecule has 2 fully saturated rings. The Morgan fingerprint density at radius 2 is 1.87 bits per heavy atom. The molecule has 1 N–H and O–H groups in total. The molecule has 3 atom stereocenters. The number of likely N-dealkylation sites (tertiary alicyclic amines) is 1. The Morgan fingerprint density at radius 3 is 2.53 bits per heavy atom. The van der Waals surface area contributed by atoms with Crippen molar-refractivity contribution in [3.8, 4) is 0 Å². The van der Waals surface area contributed by atoms with E-state index in [0.717, 1.165) is 45.2 Å². The predicted molar refractivity (Wildman–Crippen MR) is 119 cm³/mol. The lowest BCUT2D eigenvalue weighted by molar-refractivity contribution is 0.0392. The van der Waals surface area contributed by atoms with E-state index in [4.69, 9.17) is 4.74 Å². The number of sulfonamides is 1. The van der Waals surface area contributed by atoms with Crippen molar-refractivity contribution in [3.63, 3.8) is 0 Å². The number of amides is 1. The largest absolute Gasteiger partial charge is 0.447 e. The number of carbonyl (C=O) groups excluding carboxylic acids is 1. The Hall–Kier alpha value is -1.80. The molecule has 0 bridgehead atoms. The molecular formula is C22H35N3O4S. The van der Waals surface area contributed by atoms with Gasteiger partial charge in [0.15, 0.2) is 0 Å². The Balaban J connectivity index is 1.76. The maximum Gasteiger partial charge on any atom is 0.410 e. The van der Waals surface area contributed by atoms with Crippen LogP contribution in [0.25, 0.3) is 0 Å². The quantitative estimate of drug-likeness (QED) is 0.739. The zero-order chi connectivity index (χ0) is 21.7. The highest BCUT2D eigenvalue weighted by Gasteiger charge is 2.38. The molecule has 1 amide bonds. The molecule has 0 spiro atoms. The van der Waals surface area contributed by atoms with Crippen LogP contribution in [-0.4, -0.2) is 63.5 Å². The molecular weight excluding hydrogens is 402 g/mol. The number of carbonyl (C=O) groups is 1. The predicted octanol–water partition coefficient (Wildman–Crippen LogP) is 3.22. The molecule has 1 aromatic carbocycles. The zero-order valence-corrected chi connectivity index (χ0v) is 19.1. The summed E-state index contributed by atoms with van der Waals surface area (Å²) < 4.78 is 32.2. The summed E-state index contributed by atoms with van der Waals surface area (Å²) in [6.45, 7) is 6.21. The summed E-state index contributed by atoms with van der Waals surface area (Å²) in [6.07, 6.45) is 5.08. The summed E-state index contributed by atoms with van der Waals surface area (Å²) in [6, 6.07) is 9.91. The van der Waals surface area contributed by atoms with E-state index in [1.54, 1.807) is 4.90 Å². The van der Waals surface area contributed by atoms with Gasteiger partial charge in [-0.1, -0.05) is 18.2 Å². The molecule has 8 heteroatoms. The van der Waals surface area contributed by atoms with Crippen LogP contribution < -0.4 is 9.62 Å². The maximum atomic E-state index is 12.8.